The van der Waals surface area contributed by atoms with Gasteiger partial charge in [0.25, 0.3) is 0 Å². The predicted octanol–water partition coefficient (Wildman–Crippen LogP) is 3.66. The lowest BCUT2D eigenvalue weighted by Crippen LogP contribution is -2.19. The van der Waals surface area contributed by atoms with Crippen LogP contribution < -0.4 is 10.1 Å². The molecule has 1 atom stereocenters. The van der Waals surface area contributed by atoms with Crippen molar-refractivity contribution in [3.8, 4) is 5.75 Å². The van der Waals surface area contributed by atoms with Crippen LogP contribution in [0.4, 0.5) is 0 Å². The van der Waals surface area contributed by atoms with Gasteiger partial charge in [0.1, 0.15) is 10.9 Å². The van der Waals surface area contributed by atoms with E-state index in [0.29, 0.717) is 5.15 Å². The molecule has 0 radical (unpaired) electrons. The standard InChI is InChI=1S/C15H19BrClN3O/c1-9-11(15(17)20(3)19-9)8-14(18-2)12-7-10(21-4)5-6-13(12)16/h5-7,14,18H,8H2,1-4H3. The smallest absolute Gasteiger partial charge is 0.130 e. The summed E-state index contributed by atoms with van der Waals surface area (Å²) in [6.45, 7) is 1.98. The van der Waals surface area contributed by atoms with Gasteiger partial charge in [0.15, 0.2) is 0 Å². The molecule has 2 rings (SSSR count). The Bertz CT molecular complexity index is 642. The molecule has 0 fully saturated rings. The van der Waals surface area contributed by atoms with E-state index < -0.39 is 0 Å². The first kappa shape index (κ1) is 16.3. The maximum atomic E-state index is 6.34. The average molecular weight is 373 g/mol. The summed E-state index contributed by atoms with van der Waals surface area (Å²) in [5, 5.41) is 8.40. The van der Waals surface area contributed by atoms with Crippen LogP contribution >= 0.6 is 27.5 Å². The number of methoxy groups -OCH3 is 1. The molecule has 1 N–H and O–H groups in total. The van der Waals surface area contributed by atoms with Gasteiger partial charge >= 0.3 is 0 Å². The van der Waals surface area contributed by atoms with E-state index in [1.165, 1.54) is 0 Å². The lowest BCUT2D eigenvalue weighted by molar-refractivity contribution is 0.413. The number of aromatic nitrogens is 2. The number of likely N-dealkylation sites (N-methyl/N-ethyl adjacent to an activating group) is 1. The van der Waals surface area contributed by atoms with Crippen molar-refractivity contribution in [1.29, 1.82) is 0 Å². The average Bonchev–Trinajstić information content (AvgIpc) is 2.71. The minimum Gasteiger partial charge on any atom is -0.497 e. The van der Waals surface area contributed by atoms with E-state index in [2.05, 4.69) is 26.3 Å². The molecule has 0 aliphatic rings. The molecule has 6 heteroatoms. The van der Waals surface area contributed by atoms with Gasteiger partial charge in [-0.2, -0.15) is 5.10 Å². The normalized spacial score (nSPS) is 12.5. The molecule has 4 nitrogen and oxygen atoms in total. The van der Waals surface area contributed by atoms with E-state index in [4.69, 9.17) is 16.3 Å². The van der Waals surface area contributed by atoms with Crippen molar-refractivity contribution in [3.05, 3.63) is 44.6 Å². The number of aryl methyl sites for hydroxylation is 2. The van der Waals surface area contributed by atoms with Gasteiger partial charge in [0, 0.05) is 23.1 Å². The van der Waals surface area contributed by atoms with Crippen LogP contribution in [0.25, 0.3) is 0 Å². The predicted molar refractivity (Wildman–Crippen MR) is 89.2 cm³/mol. The fourth-order valence-electron chi connectivity index (χ4n) is 2.39. The summed E-state index contributed by atoms with van der Waals surface area (Å²) in [6.07, 6.45) is 0.765. The summed E-state index contributed by atoms with van der Waals surface area (Å²) in [7, 11) is 5.47. The topological polar surface area (TPSA) is 39.1 Å². The van der Waals surface area contributed by atoms with Crippen LogP contribution in [-0.2, 0) is 13.5 Å². The molecular weight excluding hydrogens is 354 g/mol. The van der Waals surface area contributed by atoms with E-state index in [-0.39, 0.29) is 6.04 Å². The molecule has 0 spiro atoms. The summed E-state index contributed by atoms with van der Waals surface area (Å²) >= 11 is 9.94. The maximum absolute atomic E-state index is 6.34. The molecule has 1 heterocycles. The van der Waals surface area contributed by atoms with Crippen molar-refractivity contribution < 1.29 is 4.74 Å². The molecular formula is C15H19BrClN3O. The van der Waals surface area contributed by atoms with Crippen LogP contribution in [0.2, 0.25) is 5.15 Å². The van der Waals surface area contributed by atoms with Crippen LogP contribution in [0, 0.1) is 6.92 Å². The SMILES string of the molecule is CNC(Cc1c(C)nn(C)c1Cl)c1cc(OC)ccc1Br. The van der Waals surface area contributed by atoms with Crippen LogP contribution in [0.3, 0.4) is 0 Å². The largest absolute Gasteiger partial charge is 0.497 e. The Hall–Kier alpha value is -1.04. The molecule has 1 aromatic carbocycles. The first-order valence-corrected chi connectivity index (χ1v) is 7.83. The number of nitrogens with one attached hydrogen (secondary N) is 1. The molecule has 0 saturated heterocycles. The minimum atomic E-state index is 0.120. The summed E-state index contributed by atoms with van der Waals surface area (Å²) in [4.78, 5) is 0. The quantitative estimate of drug-likeness (QED) is 0.870. The van der Waals surface area contributed by atoms with Crippen LogP contribution in [0.5, 0.6) is 5.75 Å². The molecule has 1 aromatic heterocycles. The molecule has 114 valence electrons. The molecule has 0 saturated carbocycles. The van der Waals surface area contributed by atoms with Crippen molar-refractivity contribution in [2.45, 2.75) is 19.4 Å². The van der Waals surface area contributed by atoms with Crippen LogP contribution in [-0.4, -0.2) is 23.9 Å². The van der Waals surface area contributed by atoms with Gasteiger partial charge in [0.2, 0.25) is 0 Å². The Labute approximate surface area is 138 Å². The van der Waals surface area contributed by atoms with Gasteiger partial charge in [-0.25, -0.2) is 0 Å². The first-order valence-electron chi connectivity index (χ1n) is 6.66. The lowest BCUT2D eigenvalue weighted by Gasteiger charge is -2.19. The highest BCUT2D eigenvalue weighted by molar-refractivity contribution is 9.10. The Kier molecular flexibility index (Phi) is 5.30. The molecule has 0 bridgehead atoms. The fourth-order valence-corrected chi connectivity index (χ4v) is 3.17. The van der Waals surface area contributed by atoms with Crippen molar-refractivity contribution >= 4 is 27.5 Å². The van der Waals surface area contributed by atoms with E-state index in [0.717, 1.165) is 33.5 Å². The first-order chi connectivity index (χ1) is 9.97. The monoisotopic (exact) mass is 371 g/mol. The van der Waals surface area contributed by atoms with Crippen molar-refractivity contribution in [2.24, 2.45) is 7.05 Å². The Morgan fingerprint density at radius 3 is 2.71 bits per heavy atom. The number of nitrogens with zero attached hydrogens (tertiary/aromatic N) is 2. The number of halogens is 2. The second-order valence-corrected chi connectivity index (χ2v) is 6.12. The number of benzene rings is 1. The van der Waals surface area contributed by atoms with Crippen molar-refractivity contribution in [2.75, 3.05) is 14.2 Å². The van der Waals surface area contributed by atoms with Gasteiger partial charge in [-0.1, -0.05) is 27.5 Å². The summed E-state index contributed by atoms with van der Waals surface area (Å²) in [5.74, 6) is 0.836. The molecule has 2 aromatic rings. The van der Waals surface area contributed by atoms with E-state index >= 15 is 0 Å². The van der Waals surface area contributed by atoms with Gasteiger partial charge in [0.05, 0.1) is 12.8 Å². The highest BCUT2D eigenvalue weighted by Gasteiger charge is 2.19. The second-order valence-electron chi connectivity index (χ2n) is 4.91. The Balaban J connectivity index is 2.36. The Morgan fingerprint density at radius 1 is 1.48 bits per heavy atom. The third-order valence-electron chi connectivity index (χ3n) is 3.61. The van der Waals surface area contributed by atoms with Crippen LogP contribution in [0.15, 0.2) is 22.7 Å². The number of rotatable bonds is 5. The minimum absolute atomic E-state index is 0.120. The zero-order valence-corrected chi connectivity index (χ0v) is 14.9. The molecule has 1 unspecified atom stereocenters. The number of hydrogen-bond donors (Lipinski definition) is 1. The third-order valence-corrected chi connectivity index (χ3v) is 4.80. The molecule has 0 aliphatic heterocycles. The molecule has 21 heavy (non-hydrogen) atoms. The highest BCUT2D eigenvalue weighted by Crippen LogP contribution is 2.31. The van der Waals surface area contributed by atoms with Gasteiger partial charge in [-0.3, -0.25) is 4.68 Å². The maximum Gasteiger partial charge on any atom is 0.130 e. The van der Waals surface area contributed by atoms with Gasteiger partial charge in [-0.15, -0.1) is 0 Å². The Morgan fingerprint density at radius 2 is 2.19 bits per heavy atom. The van der Waals surface area contributed by atoms with E-state index in [9.17, 15) is 0 Å². The zero-order valence-electron chi connectivity index (χ0n) is 12.6. The van der Waals surface area contributed by atoms with Crippen LogP contribution in [0.1, 0.15) is 22.9 Å². The zero-order chi connectivity index (χ0) is 15.6. The fraction of sp³-hybridized carbons (Fsp3) is 0.400. The van der Waals surface area contributed by atoms with Crippen molar-refractivity contribution in [1.82, 2.24) is 15.1 Å². The molecule has 0 aliphatic carbocycles. The van der Waals surface area contributed by atoms with Crippen molar-refractivity contribution in [3.63, 3.8) is 0 Å². The summed E-state index contributed by atoms with van der Waals surface area (Å²) in [5.41, 5.74) is 3.16. The number of hydrogen-bond acceptors (Lipinski definition) is 3. The third kappa shape index (κ3) is 3.42. The summed E-state index contributed by atoms with van der Waals surface area (Å²) in [6, 6.07) is 6.08. The number of ether oxygens (including phenoxy) is 1. The van der Waals surface area contributed by atoms with E-state index in [1.807, 2.05) is 39.2 Å². The second kappa shape index (κ2) is 6.81. The molecule has 0 amide bonds. The van der Waals surface area contributed by atoms with E-state index in [1.54, 1.807) is 11.8 Å². The van der Waals surface area contributed by atoms with Gasteiger partial charge in [-0.05, 0) is 44.2 Å². The van der Waals surface area contributed by atoms with Gasteiger partial charge < -0.3 is 10.1 Å². The lowest BCUT2D eigenvalue weighted by atomic mass is 9.99. The summed E-state index contributed by atoms with van der Waals surface area (Å²) < 4.78 is 8.07. The highest BCUT2D eigenvalue weighted by atomic mass is 79.9.